The molecule has 0 heterocycles. The van der Waals surface area contributed by atoms with Crippen molar-refractivity contribution >= 4 is 68.8 Å². The van der Waals surface area contributed by atoms with Crippen molar-refractivity contribution in [2.24, 2.45) is 0 Å². The first-order valence-electron chi connectivity index (χ1n) is 47.2. The zero-order valence-corrected chi connectivity index (χ0v) is 74.4. The third kappa shape index (κ3) is 36.4. The van der Waals surface area contributed by atoms with Crippen LogP contribution in [-0.4, -0.2) is 240 Å². The van der Waals surface area contributed by atoms with Crippen LogP contribution in [0.2, 0.25) is 0 Å². The molecule has 10 aliphatic carbocycles. The van der Waals surface area contributed by atoms with Crippen molar-refractivity contribution in [3.05, 3.63) is 0 Å². The molecule has 0 aromatic heterocycles. The van der Waals surface area contributed by atoms with Crippen LogP contribution in [-0.2, 0) is 52.6 Å². The quantitative estimate of drug-likeness (QED) is 0.0422. The van der Waals surface area contributed by atoms with Crippen LogP contribution in [0, 0.1) is 0 Å². The number of carbonyl (C=O) groups is 8. The number of nitrogens with zero attached hydrogens (tertiary/aromatic N) is 8. The molecule has 0 saturated heterocycles. The Hall–Kier alpha value is -3.66. The van der Waals surface area contributed by atoms with Crippen LogP contribution in [0.3, 0.4) is 0 Å². The molecule has 10 aliphatic rings. The number of carbonyl (C=O) groups excluding carboxylic acids is 8. The Morgan fingerprint density at radius 3 is 0.602 bits per heavy atom. The maximum Gasteiger partial charge on any atom is 0.248 e. The lowest BCUT2D eigenvalue weighted by atomic mass is 9.88. The molecule has 0 bridgehead atoms. The fourth-order valence-electron chi connectivity index (χ4n) is 20.2. The van der Waals surface area contributed by atoms with E-state index in [-0.39, 0.29) is 50.1 Å². The summed E-state index contributed by atoms with van der Waals surface area (Å²) in [6.07, 6.45) is 70.9. The molecule has 0 aromatic carbocycles. The standard InChI is InChI=1S/C30H52N2O2S2.C24H44N2O2.C20H36N2O4.C18H32N2O3/c33-29(31(25-13-5-1-6-14-25)26-15-7-2-8-16-26)21-23-35-36-24-22-30(34)32(27-17-9-3-10-18-27)28-19-11-4-12-20-28;1-25(21-15-9-7-10-16-21)23(27)19-13-5-3-4-6-14-20-24(28)26(2)22-17-11-8-12-18-22;1-21(17-9-5-3-6-10-17)19(23)15-25-13-14-26-16-20(24)22(2)18-11-7-4-8-12-18;1-19(15-9-5-3-6-10-15)17(21)13-23-14-18(22)20(2)16-11-7-4-8-12-16/h25-28H,1-24H2;21-22H,3-20H2,1-2H3;17-18H,3-16H2,1-2H3;15-16H,3-14H2,1-2H3. The van der Waals surface area contributed by atoms with Crippen LogP contribution in [0.25, 0.3) is 0 Å². The molecule has 19 nitrogen and oxygen atoms in total. The largest absolute Gasteiger partial charge is 0.369 e. The summed E-state index contributed by atoms with van der Waals surface area (Å²) in [5.41, 5.74) is 0. The van der Waals surface area contributed by atoms with E-state index in [1.807, 2.05) is 93.3 Å². The van der Waals surface area contributed by atoms with Gasteiger partial charge in [-0.3, -0.25) is 38.4 Å². The van der Waals surface area contributed by atoms with E-state index in [0.717, 1.165) is 88.6 Å². The van der Waals surface area contributed by atoms with Crippen molar-refractivity contribution in [2.45, 2.75) is 446 Å². The van der Waals surface area contributed by atoms with Gasteiger partial charge in [-0.05, 0) is 141 Å². The summed E-state index contributed by atoms with van der Waals surface area (Å²) >= 11 is 0. The Kier molecular flexibility index (Phi) is 49.1. The fraction of sp³-hybridized carbons (Fsp3) is 0.913. The maximum atomic E-state index is 13.4. The van der Waals surface area contributed by atoms with E-state index in [1.165, 1.54) is 283 Å². The van der Waals surface area contributed by atoms with Gasteiger partial charge in [-0.15, -0.1) is 0 Å². The Labute approximate surface area is 695 Å². The number of hydrogen-bond acceptors (Lipinski definition) is 13. The summed E-state index contributed by atoms with van der Waals surface area (Å²) in [5, 5.41) is 0. The predicted molar refractivity (Wildman–Crippen MR) is 463 cm³/mol. The summed E-state index contributed by atoms with van der Waals surface area (Å²) in [7, 11) is 15.1. The first kappa shape index (κ1) is 96.5. The van der Waals surface area contributed by atoms with Crippen molar-refractivity contribution in [2.75, 3.05) is 93.4 Å². The van der Waals surface area contributed by atoms with Crippen LogP contribution in [0.5, 0.6) is 0 Å². The van der Waals surface area contributed by atoms with Gasteiger partial charge in [0.25, 0.3) is 0 Å². The second kappa shape index (κ2) is 57.5. The minimum atomic E-state index is -0.00924. The molecular weight excluding hydrogens is 1460 g/mol. The molecule has 8 amide bonds. The smallest absolute Gasteiger partial charge is 0.248 e. The van der Waals surface area contributed by atoms with Crippen molar-refractivity contribution in [1.82, 2.24) is 39.2 Å². The van der Waals surface area contributed by atoms with Crippen molar-refractivity contribution in [3.8, 4) is 0 Å². The van der Waals surface area contributed by atoms with Crippen LogP contribution in [0.15, 0.2) is 0 Å². The number of likely N-dealkylation sites (N-methyl/N-ethyl adjacent to an activating group) is 4. The lowest BCUT2D eigenvalue weighted by Crippen LogP contribution is -2.49. The molecule has 0 atom stereocenters. The lowest BCUT2D eigenvalue weighted by Gasteiger charge is -2.42. The van der Waals surface area contributed by atoms with Crippen molar-refractivity contribution < 1.29 is 52.6 Å². The highest BCUT2D eigenvalue weighted by Crippen LogP contribution is 2.36. The molecule has 0 radical (unpaired) electrons. The Balaban J connectivity index is 0.000000212. The van der Waals surface area contributed by atoms with Gasteiger partial charge in [0.2, 0.25) is 47.3 Å². The zero-order chi connectivity index (χ0) is 80.6. The Morgan fingerprint density at radius 1 is 0.212 bits per heavy atom. The predicted octanol–water partition coefficient (Wildman–Crippen LogP) is 19.0. The summed E-state index contributed by atoms with van der Waals surface area (Å²) in [5.74, 6) is 3.28. The second-order valence-electron chi connectivity index (χ2n) is 35.9. The highest BCUT2D eigenvalue weighted by Gasteiger charge is 2.36. The van der Waals surface area contributed by atoms with Gasteiger partial charge in [0, 0.05) is 140 Å². The maximum absolute atomic E-state index is 13.4. The van der Waals surface area contributed by atoms with Crippen molar-refractivity contribution in [3.63, 3.8) is 0 Å². The molecule has 0 aliphatic heterocycles. The summed E-state index contributed by atoms with van der Waals surface area (Å²) in [4.78, 5) is 116. The monoisotopic (exact) mass is 1620 g/mol. The van der Waals surface area contributed by atoms with Crippen LogP contribution in [0.1, 0.15) is 385 Å². The topological polar surface area (TPSA) is 190 Å². The van der Waals surface area contributed by atoms with Crippen LogP contribution in [0.4, 0.5) is 0 Å². The van der Waals surface area contributed by atoms with Gasteiger partial charge in [-0.2, -0.15) is 0 Å². The van der Waals surface area contributed by atoms with Crippen molar-refractivity contribution in [1.29, 1.82) is 0 Å². The van der Waals surface area contributed by atoms with Gasteiger partial charge < -0.3 is 53.4 Å². The minimum Gasteiger partial charge on any atom is -0.369 e. The number of amides is 8. The first-order valence-corrected chi connectivity index (χ1v) is 49.6. The number of unbranched alkanes of at least 4 members (excludes halogenated alkanes) is 5. The lowest BCUT2D eigenvalue weighted by molar-refractivity contribution is -0.144. The summed E-state index contributed by atoms with van der Waals surface area (Å²) in [6.45, 7) is 0.877. The fourth-order valence-corrected chi connectivity index (χ4v) is 22.2. The Bertz CT molecular complexity index is 2410. The van der Waals surface area contributed by atoms with Gasteiger partial charge in [-0.1, -0.05) is 240 Å². The average Bonchev–Trinajstić information content (AvgIpc) is 0.833. The summed E-state index contributed by atoms with van der Waals surface area (Å²) in [6, 6.07) is 4.39. The number of ether oxygens (including phenoxy) is 3. The van der Waals surface area contributed by atoms with E-state index in [4.69, 9.17) is 14.2 Å². The van der Waals surface area contributed by atoms with E-state index in [1.54, 1.807) is 0 Å². The third-order valence-electron chi connectivity index (χ3n) is 27.7. The van der Waals surface area contributed by atoms with E-state index >= 15 is 0 Å². The first-order chi connectivity index (χ1) is 55.0. The van der Waals surface area contributed by atoms with Gasteiger partial charge >= 0.3 is 0 Å². The summed E-state index contributed by atoms with van der Waals surface area (Å²) < 4.78 is 16.2. The minimum absolute atomic E-state index is 0.00924. The van der Waals surface area contributed by atoms with Gasteiger partial charge in [-0.25, -0.2) is 0 Å². The van der Waals surface area contributed by atoms with Gasteiger partial charge in [0.1, 0.15) is 26.4 Å². The normalized spacial score (nSPS) is 20.7. The van der Waals surface area contributed by atoms with E-state index in [0.29, 0.717) is 123 Å². The molecule has 0 aromatic rings. The Morgan fingerprint density at radius 2 is 0.389 bits per heavy atom. The van der Waals surface area contributed by atoms with Crippen LogP contribution >= 0.6 is 21.6 Å². The molecule has 0 unspecified atom stereocenters. The zero-order valence-electron chi connectivity index (χ0n) is 72.7. The SMILES string of the molecule is CN(C(=O)CCCCCCCCC(=O)N(C)C1CCCCC1)C1CCCCC1.CN(C(=O)COCC(=O)N(C)C1CCCCC1)C1CCCCC1.CN(C(=O)COCCOCC(=O)N(C)C1CCCCC1)C1CCCCC1.O=C(CCSSCCC(=O)N(C1CCCCC1)C1CCCCC1)N(C1CCCCC1)C1CCCCC1. The molecule has 650 valence electrons. The highest BCUT2D eigenvalue weighted by molar-refractivity contribution is 8.76. The molecule has 21 heteroatoms. The van der Waals surface area contributed by atoms with Gasteiger partial charge in [0.15, 0.2) is 0 Å². The molecule has 0 spiro atoms. The number of hydrogen-bond donors (Lipinski definition) is 0. The van der Waals surface area contributed by atoms with E-state index in [9.17, 15) is 38.4 Å². The molecule has 0 N–H and O–H groups in total. The van der Waals surface area contributed by atoms with Gasteiger partial charge in [0.05, 0.1) is 13.2 Å². The molecule has 113 heavy (non-hydrogen) atoms. The van der Waals surface area contributed by atoms with E-state index < -0.39 is 0 Å². The van der Waals surface area contributed by atoms with E-state index in [2.05, 4.69) is 9.80 Å². The molecular formula is C92H164N8O11S2. The van der Waals surface area contributed by atoms with Crippen LogP contribution < -0.4 is 0 Å². The second-order valence-corrected chi connectivity index (χ2v) is 38.6. The molecule has 10 saturated carbocycles. The average molecular weight is 1620 g/mol. The third-order valence-corrected chi connectivity index (χ3v) is 30.1. The molecule has 10 fully saturated rings. The molecule has 10 rings (SSSR count). The highest BCUT2D eigenvalue weighted by atomic mass is 33.1. The number of rotatable bonds is 37.